The fraction of sp³-hybridized carbons (Fsp3) is 0.818. The second-order valence-corrected chi connectivity index (χ2v) is 6.84. The van der Waals surface area contributed by atoms with Crippen molar-refractivity contribution in [2.24, 2.45) is 0 Å². The average Bonchev–Trinajstić information content (AvgIpc) is 2.23. The van der Waals surface area contributed by atoms with Gasteiger partial charge in [0, 0.05) is 23.6 Å². The molecule has 1 rings (SSSR count). The summed E-state index contributed by atoms with van der Waals surface area (Å²) < 4.78 is -0.0286. The van der Waals surface area contributed by atoms with Crippen LogP contribution in [0.15, 0.2) is 0 Å². The van der Waals surface area contributed by atoms with E-state index in [2.05, 4.69) is 5.32 Å². The van der Waals surface area contributed by atoms with Gasteiger partial charge in [-0.2, -0.15) is 11.8 Å². The molecule has 0 aromatic carbocycles. The van der Waals surface area contributed by atoms with Crippen molar-refractivity contribution in [1.82, 2.24) is 10.2 Å². The molecule has 1 heterocycles. The number of urea groups is 1. The Balaban J connectivity index is 2.61. The standard InChI is InChI=1S/C11H20N2O4S/c1-7(14)8(9(15)16)12-10(17)13-4-5-18-11(2,3)6-13/h7-8,14H,4-6H2,1-3H3,(H,12,17)(H,15,16). The number of carboxylic acid groups (broad SMARTS) is 1. The summed E-state index contributed by atoms with van der Waals surface area (Å²) in [5, 5.41) is 20.6. The molecule has 2 atom stereocenters. The third kappa shape index (κ3) is 4.06. The molecule has 0 aliphatic carbocycles. The SMILES string of the molecule is CC(O)C(NC(=O)N1CCSC(C)(C)C1)C(=O)O. The van der Waals surface area contributed by atoms with Gasteiger partial charge < -0.3 is 20.4 Å². The van der Waals surface area contributed by atoms with Crippen LogP contribution in [0.25, 0.3) is 0 Å². The maximum atomic E-state index is 11.9. The molecule has 0 aromatic rings. The molecule has 0 radical (unpaired) electrons. The summed E-state index contributed by atoms with van der Waals surface area (Å²) in [5.74, 6) is -0.406. The molecule has 1 aliphatic rings. The zero-order chi connectivity index (χ0) is 13.9. The summed E-state index contributed by atoms with van der Waals surface area (Å²) in [6, 6.07) is -1.70. The van der Waals surface area contributed by atoms with Crippen LogP contribution in [0.5, 0.6) is 0 Å². The lowest BCUT2D eigenvalue weighted by molar-refractivity contribution is -0.141. The molecule has 3 N–H and O–H groups in total. The number of carbonyl (C=O) groups is 2. The summed E-state index contributed by atoms with van der Waals surface area (Å²) >= 11 is 1.79. The van der Waals surface area contributed by atoms with Crippen molar-refractivity contribution in [1.29, 1.82) is 0 Å². The Morgan fingerprint density at radius 3 is 2.50 bits per heavy atom. The Morgan fingerprint density at radius 1 is 1.44 bits per heavy atom. The van der Waals surface area contributed by atoms with Crippen LogP contribution in [0.1, 0.15) is 20.8 Å². The number of hydrogen-bond donors (Lipinski definition) is 3. The smallest absolute Gasteiger partial charge is 0.328 e. The zero-order valence-corrected chi connectivity index (χ0v) is 11.7. The topological polar surface area (TPSA) is 89.9 Å². The largest absolute Gasteiger partial charge is 0.480 e. The number of aliphatic carboxylic acids is 1. The van der Waals surface area contributed by atoms with Crippen LogP contribution in [0.2, 0.25) is 0 Å². The molecule has 0 aromatic heterocycles. The number of aliphatic hydroxyl groups is 1. The molecule has 1 fully saturated rings. The summed E-state index contributed by atoms with van der Waals surface area (Å²) in [7, 11) is 0. The van der Waals surface area contributed by atoms with E-state index in [0.717, 1.165) is 5.75 Å². The molecule has 7 heteroatoms. The van der Waals surface area contributed by atoms with Gasteiger partial charge in [0.2, 0.25) is 0 Å². The van der Waals surface area contributed by atoms with Gasteiger partial charge in [-0.1, -0.05) is 0 Å². The van der Waals surface area contributed by atoms with E-state index in [4.69, 9.17) is 5.11 Å². The lowest BCUT2D eigenvalue weighted by Crippen LogP contribution is -2.56. The van der Waals surface area contributed by atoms with Crippen molar-refractivity contribution >= 4 is 23.8 Å². The zero-order valence-electron chi connectivity index (χ0n) is 10.8. The summed E-state index contributed by atoms with van der Waals surface area (Å²) in [4.78, 5) is 24.4. The van der Waals surface area contributed by atoms with E-state index < -0.39 is 24.1 Å². The Labute approximate surface area is 111 Å². The van der Waals surface area contributed by atoms with E-state index in [-0.39, 0.29) is 4.75 Å². The predicted octanol–water partition coefficient (Wildman–Crippen LogP) is 0.357. The molecular weight excluding hydrogens is 256 g/mol. The Bertz CT molecular complexity index is 333. The van der Waals surface area contributed by atoms with Crippen molar-refractivity contribution in [3.05, 3.63) is 0 Å². The maximum absolute atomic E-state index is 11.9. The van der Waals surface area contributed by atoms with E-state index in [1.807, 2.05) is 13.8 Å². The number of nitrogens with one attached hydrogen (secondary N) is 1. The Morgan fingerprint density at radius 2 is 2.06 bits per heavy atom. The molecule has 1 saturated heterocycles. The van der Waals surface area contributed by atoms with Crippen molar-refractivity contribution in [3.8, 4) is 0 Å². The van der Waals surface area contributed by atoms with Crippen LogP contribution in [0.3, 0.4) is 0 Å². The monoisotopic (exact) mass is 276 g/mol. The van der Waals surface area contributed by atoms with Crippen LogP contribution >= 0.6 is 11.8 Å². The fourth-order valence-electron chi connectivity index (χ4n) is 1.80. The van der Waals surface area contributed by atoms with Crippen molar-refractivity contribution in [3.63, 3.8) is 0 Å². The van der Waals surface area contributed by atoms with E-state index in [9.17, 15) is 14.7 Å². The third-order valence-electron chi connectivity index (χ3n) is 2.74. The van der Waals surface area contributed by atoms with E-state index in [1.54, 1.807) is 16.7 Å². The quantitative estimate of drug-likeness (QED) is 0.692. The number of carboxylic acids is 1. The van der Waals surface area contributed by atoms with E-state index >= 15 is 0 Å². The molecule has 0 spiro atoms. The molecule has 0 bridgehead atoms. The number of amides is 2. The van der Waals surface area contributed by atoms with Gasteiger partial charge in [-0.15, -0.1) is 0 Å². The van der Waals surface area contributed by atoms with Gasteiger partial charge in [0.15, 0.2) is 6.04 Å². The van der Waals surface area contributed by atoms with Gasteiger partial charge in [-0.25, -0.2) is 9.59 Å². The minimum Gasteiger partial charge on any atom is -0.480 e. The molecule has 104 valence electrons. The van der Waals surface area contributed by atoms with Crippen molar-refractivity contribution in [2.75, 3.05) is 18.8 Å². The number of rotatable bonds is 3. The second-order valence-electron chi connectivity index (χ2n) is 5.04. The lowest BCUT2D eigenvalue weighted by Gasteiger charge is -2.38. The fourth-order valence-corrected chi connectivity index (χ4v) is 2.91. The number of thioether (sulfide) groups is 1. The third-order valence-corrected chi connectivity index (χ3v) is 4.04. The minimum atomic E-state index is -1.27. The van der Waals surface area contributed by atoms with Gasteiger partial charge in [0.1, 0.15) is 0 Å². The maximum Gasteiger partial charge on any atom is 0.328 e. The van der Waals surface area contributed by atoms with Crippen molar-refractivity contribution < 1.29 is 19.8 Å². The Kier molecular flexibility index (Phi) is 4.86. The molecule has 6 nitrogen and oxygen atoms in total. The van der Waals surface area contributed by atoms with Gasteiger partial charge in [-0.05, 0) is 20.8 Å². The number of aliphatic hydroxyl groups excluding tert-OH is 1. The van der Waals surface area contributed by atoms with Gasteiger partial charge in [0.25, 0.3) is 0 Å². The minimum absolute atomic E-state index is 0.0286. The highest BCUT2D eigenvalue weighted by Crippen LogP contribution is 2.29. The number of nitrogens with zero attached hydrogens (tertiary/aromatic N) is 1. The number of carbonyl (C=O) groups excluding carboxylic acids is 1. The predicted molar refractivity (Wildman–Crippen MR) is 69.7 cm³/mol. The van der Waals surface area contributed by atoms with Crippen LogP contribution in [0, 0.1) is 0 Å². The van der Waals surface area contributed by atoms with Gasteiger partial charge >= 0.3 is 12.0 Å². The average molecular weight is 276 g/mol. The van der Waals surface area contributed by atoms with Crippen LogP contribution in [-0.2, 0) is 4.79 Å². The van der Waals surface area contributed by atoms with E-state index in [0.29, 0.717) is 13.1 Å². The summed E-state index contributed by atoms with van der Waals surface area (Å²) in [6.07, 6.45) is -1.13. The highest BCUT2D eigenvalue weighted by molar-refractivity contribution is 8.00. The molecule has 2 unspecified atom stereocenters. The first kappa shape index (κ1) is 15.1. The van der Waals surface area contributed by atoms with Gasteiger partial charge in [-0.3, -0.25) is 0 Å². The molecule has 0 saturated carbocycles. The summed E-state index contributed by atoms with van der Waals surface area (Å²) in [6.45, 7) is 6.58. The van der Waals surface area contributed by atoms with Crippen LogP contribution in [-0.4, -0.2) is 62.8 Å². The molecule has 2 amide bonds. The van der Waals surface area contributed by atoms with E-state index in [1.165, 1.54) is 6.92 Å². The lowest BCUT2D eigenvalue weighted by atomic mass is 10.1. The second kappa shape index (κ2) is 5.79. The van der Waals surface area contributed by atoms with Gasteiger partial charge in [0.05, 0.1) is 6.10 Å². The first-order chi connectivity index (χ1) is 8.23. The molecular formula is C11H20N2O4S. The van der Waals surface area contributed by atoms with Crippen molar-refractivity contribution in [2.45, 2.75) is 37.7 Å². The normalized spacial score (nSPS) is 22.1. The molecule has 18 heavy (non-hydrogen) atoms. The molecule has 1 aliphatic heterocycles. The number of hydrogen-bond acceptors (Lipinski definition) is 4. The first-order valence-corrected chi connectivity index (χ1v) is 6.82. The first-order valence-electron chi connectivity index (χ1n) is 5.83. The summed E-state index contributed by atoms with van der Waals surface area (Å²) in [5.41, 5.74) is 0. The highest BCUT2D eigenvalue weighted by atomic mass is 32.2. The van der Waals surface area contributed by atoms with Crippen LogP contribution in [0.4, 0.5) is 4.79 Å². The Hall–Kier alpha value is -0.950. The highest BCUT2D eigenvalue weighted by Gasteiger charge is 2.32. The van der Waals surface area contributed by atoms with Crippen LogP contribution < -0.4 is 5.32 Å².